The molecule has 2 aromatic rings. The number of anilines is 1. The summed E-state index contributed by atoms with van der Waals surface area (Å²) in [4.78, 5) is 18.2. The fraction of sp³-hybridized carbons (Fsp3) is 0.0769. The second kappa shape index (κ2) is 8.00. The minimum Gasteiger partial charge on any atom is -0.473 e. The van der Waals surface area contributed by atoms with Crippen molar-refractivity contribution < 1.29 is 24.2 Å². The van der Waals surface area contributed by atoms with Gasteiger partial charge in [0.15, 0.2) is 0 Å². The van der Waals surface area contributed by atoms with Gasteiger partial charge in [0, 0.05) is 10.2 Å². The highest BCUT2D eigenvalue weighted by atomic mass is 79.9. The summed E-state index contributed by atoms with van der Waals surface area (Å²) >= 11 is 3.39. The van der Waals surface area contributed by atoms with Crippen LogP contribution in [0.25, 0.3) is 0 Å². The highest BCUT2D eigenvalue weighted by Crippen LogP contribution is 2.14. The fourth-order valence-electron chi connectivity index (χ4n) is 1.17. The molecule has 0 bridgehead atoms. The molecule has 0 radical (unpaired) electrons. The minimum absolute atomic E-state index is 0.717. The first-order chi connectivity index (χ1) is 9.49. The van der Waals surface area contributed by atoms with Crippen molar-refractivity contribution in [1.29, 1.82) is 0 Å². The molecule has 2 rings (SSSR count). The maximum atomic E-state index is 9.10. The van der Waals surface area contributed by atoms with E-state index in [0.29, 0.717) is 6.54 Å². The molecular formula is C13H12BrNO5. The lowest BCUT2D eigenvalue weighted by Gasteiger charge is -2.03. The first-order valence-corrected chi connectivity index (χ1v) is 6.26. The monoisotopic (exact) mass is 341 g/mol. The number of carbonyl (C=O) groups is 2. The van der Waals surface area contributed by atoms with Crippen molar-refractivity contribution in [2.24, 2.45) is 0 Å². The molecule has 106 valence electrons. The molecule has 1 aromatic carbocycles. The summed E-state index contributed by atoms with van der Waals surface area (Å²) in [5.41, 5.74) is 1.09. The molecular weight excluding hydrogens is 330 g/mol. The number of furan rings is 1. The zero-order chi connectivity index (χ0) is 15.0. The van der Waals surface area contributed by atoms with Crippen LogP contribution in [-0.2, 0) is 16.1 Å². The predicted octanol–water partition coefficient (Wildman–Crippen LogP) is 2.81. The van der Waals surface area contributed by atoms with Crippen molar-refractivity contribution in [1.82, 2.24) is 0 Å². The van der Waals surface area contributed by atoms with E-state index in [9.17, 15) is 0 Å². The van der Waals surface area contributed by atoms with Gasteiger partial charge in [0.05, 0.1) is 12.8 Å². The summed E-state index contributed by atoms with van der Waals surface area (Å²) in [6.07, 6.45) is 1.68. The second-order valence-electron chi connectivity index (χ2n) is 3.55. The largest absolute Gasteiger partial charge is 0.473 e. The van der Waals surface area contributed by atoms with Gasteiger partial charge in [0.25, 0.3) is 0 Å². The van der Waals surface area contributed by atoms with E-state index in [1.165, 1.54) is 0 Å². The average Bonchev–Trinajstić information content (AvgIpc) is 2.92. The van der Waals surface area contributed by atoms with Crippen LogP contribution in [0.15, 0.2) is 51.6 Å². The van der Waals surface area contributed by atoms with Crippen LogP contribution in [0.1, 0.15) is 5.76 Å². The molecule has 3 N–H and O–H groups in total. The summed E-state index contributed by atoms with van der Waals surface area (Å²) in [6.45, 7) is 0.717. The van der Waals surface area contributed by atoms with Gasteiger partial charge in [-0.25, -0.2) is 9.59 Å². The quantitative estimate of drug-likeness (QED) is 0.742. The predicted molar refractivity (Wildman–Crippen MR) is 75.4 cm³/mol. The van der Waals surface area contributed by atoms with Crippen molar-refractivity contribution in [3.05, 3.63) is 52.9 Å². The molecule has 0 saturated carbocycles. The molecule has 7 heteroatoms. The number of hydrogen-bond donors (Lipinski definition) is 3. The van der Waals surface area contributed by atoms with Gasteiger partial charge in [-0.1, -0.05) is 15.9 Å². The molecule has 6 nitrogen and oxygen atoms in total. The zero-order valence-corrected chi connectivity index (χ0v) is 11.8. The highest BCUT2D eigenvalue weighted by molar-refractivity contribution is 9.10. The Morgan fingerprint density at radius 3 is 2.15 bits per heavy atom. The molecule has 1 heterocycles. The molecule has 0 unspecified atom stereocenters. The average molecular weight is 342 g/mol. The Morgan fingerprint density at radius 2 is 1.70 bits per heavy atom. The molecule has 0 saturated heterocycles. The number of rotatable bonds is 3. The van der Waals surface area contributed by atoms with Gasteiger partial charge in [-0.3, -0.25) is 0 Å². The first-order valence-electron chi connectivity index (χ1n) is 5.47. The Hall–Kier alpha value is -2.28. The van der Waals surface area contributed by atoms with Gasteiger partial charge in [-0.15, -0.1) is 0 Å². The lowest BCUT2D eigenvalue weighted by molar-refractivity contribution is -0.159. The smallest absolute Gasteiger partial charge is 0.414 e. The standard InChI is InChI=1S/C11H10BrNO.C2H2O4/c12-9-3-5-10(6-4-9)13-8-11-2-1-7-14-11;3-1(4)2(5)6/h1-7,13H,8H2;(H,3,4)(H,5,6). The first kappa shape index (κ1) is 15.8. The summed E-state index contributed by atoms with van der Waals surface area (Å²) in [5, 5.41) is 18.0. The van der Waals surface area contributed by atoms with Crippen LogP contribution >= 0.6 is 15.9 Å². The van der Waals surface area contributed by atoms with Crippen LogP contribution in [0.3, 0.4) is 0 Å². The summed E-state index contributed by atoms with van der Waals surface area (Å²) < 4.78 is 6.29. The zero-order valence-electron chi connectivity index (χ0n) is 10.2. The van der Waals surface area contributed by atoms with E-state index in [-0.39, 0.29) is 0 Å². The van der Waals surface area contributed by atoms with Gasteiger partial charge >= 0.3 is 11.9 Å². The Labute approximate surface area is 123 Å². The van der Waals surface area contributed by atoms with Crippen LogP contribution in [0.5, 0.6) is 0 Å². The topological polar surface area (TPSA) is 99.8 Å². The van der Waals surface area contributed by atoms with Crippen LogP contribution in [0.2, 0.25) is 0 Å². The van der Waals surface area contributed by atoms with E-state index < -0.39 is 11.9 Å². The number of nitrogens with one attached hydrogen (secondary N) is 1. The van der Waals surface area contributed by atoms with E-state index in [1.54, 1.807) is 6.26 Å². The third-order valence-corrected chi connectivity index (χ3v) is 2.60. The van der Waals surface area contributed by atoms with Crippen LogP contribution < -0.4 is 5.32 Å². The van der Waals surface area contributed by atoms with Crippen molar-refractivity contribution >= 4 is 33.6 Å². The molecule has 0 aliphatic rings. The van der Waals surface area contributed by atoms with Crippen molar-refractivity contribution in [2.75, 3.05) is 5.32 Å². The Balaban J connectivity index is 0.000000286. The molecule has 20 heavy (non-hydrogen) atoms. The van der Waals surface area contributed by atoms with Gasteiger partial charge < -0.3 is 19.9 Å². The van der Waals surface area contributed by atoms with Crippen molar-refractivity contribution in [3.8, 4) is 0 Å². The Kier molecular flexibility index (Phi) is 6.31. The van der Waals surface area contributed by atoms with E-state index in [2.05, 4.69) is 21.2 Å². The molecule has 0 aliphatic carbocycles. The SMILES string of the molecule is Brc1ccc(NCc2ccco2)cc1.O=C(O)C(=O)O. The Bertz CT molecular complexity index is 539. The summed E-state index contributed by atoms with van der Waals surface area (Å²) in [7, 11) is 0. The van der Waals surface area contributed by atoms with Gasteiger partial charge in [-0.05, 0) is 36.4 Å². The molecule has 1 aromatic heterocycles. The highest BCUT2D eigenvalue weighted by Gasteiger charge is 2.04. The number of carboxylic acids is 2. The molecule has 0 fully saturated rings. The Morgan fingerprint density at radius 1 is 1.10 bits per heavy atom. The number of benzene rings is 1. The summed E-state index contributed by atoms with van der Waals surface area (Å²) in [6, 6.07) is 11.9. The number of aliphatic carboxylic acids is 2. The minimum atomic E-state index is -1.82. The molecule has 0 atom stereocenters. The van der Waals surface area contributed by atoms with E-state index in [0.717, 1.165) is 15.9 Å². The van der Waals surface area contributed by atoms with Gasteiger partial charge in [0.1, 0.15) is 5.76 Å². The van der Waals surface area contributed by atoms with E-state index in [1.807, 2.05) is 36.4 Å². The lowest BCUT2D eigenvalue weighted by atomic mass is 10.3. The van der Waals surface area contributed by atoms with Gasteiger partial charge in [-0.2, -0.15) is 0 Å². The van der Waals surface area contributed by atoms with E-state index in [4.69, 9.17) is 24.2 Å². The van der Waals surface area contributed by atoms with Crippen molar-refractivity contribution in [3.63, 3.8) is 0 Å². The normalized spacial score (nSPS) is 9.25. The number of carboxylic acid groups (broad SMARTS) is 2. The van der Waals surface area contributed by atoms with Crippen LogP contribution in [0.4, 0.5) is 5.69 Å². The lowest BCUT2D eigenvalue weighted by Crippen LogP contribution is -2.09. The fourth-order valence-corrected chi connectivity index (χ4v) is 1.43. The number of hydrogen-bond acceptors (Lipinski definition) is 4. The second-order valence-corrected chi connectivity index (χ2v) is 4.47. The van der Waals surface area contributed by atoms with Crippen molar-refractivity contribution in [2.45, 2.75) is 6.54 Å². The summed E-state index contributed by atoms with van der Waals surface area (Å²) in [5.74, 6) is -2.71. The van der Waals surface area contributed by atoms with Crippen LogP contribution in [-0.4, -0.2) is 22.2 Å². The molecule has 0 aliphatic heterocycles. The van der Waals surface area contributed by atoms with Crippen LogP contribution in [0, 0.1) is 0 Å². The molecule has 0 spiro atoms. The maximum Gasteiger partial charge on any atom is 0.414 e. The third kappa shape index (κ3) is 6.05. The van der Waals surface area contributed by atoms with Gasteiger partial charge in [0.2, 0.25) is 0 Å². The number of halogens is 1. The van der Waals surface area contributed by atoms with E-state index >= 15 is 0 Å². The third-order valence-electron chi connectivity index (χ3n) is 2.07. The maximum absolute atomic E-state index is 9.10. The molecule has 0 amide bonds.